The number of H-pyrrole nitrogens is 1. The number of pyridine rings is 1. The van der Waals surface area contributed by atoms with E-state index in [1.807, 2.05) is 4.90 Å². The highest BCUT2D eigenvalue weighted by molar-refractivity contribution is 5.94. The highest BCUT2D eigenvalue weighted by atomic mass is 16.2. The van der Waals surface area contributed by atoms with Gasteiger partial charge in [-0.05, 0) is 30.7 Å². The standard InChI is InChI=1S/C13H16N2O2/c1-8-3-9(4-11(16)14-8)12(17)15-6-10-5-13(10,2)7-15/h3-4,10H,5-7H2,1-2H3,(H,14,16). The van der Waals surface area contributed by atoms with Crippen LogP contribution >= 0.6 is 0 Å². The molecule has 90 valence electrons. The summed E-state index contributed by atoms with van der Waals surface area (Å²) < 4.78 is 0. The van der Waals surface area contributed by atoms with E-state index >= 15 is 0 Å². The van der Waals surface area contributed by atoms with E-state index in [1.165, 1.54) is 12.5 Å². The first-order valence-electron chi connectivity index (χ1n) is 5.98. The summed E-state index contributed by atoms with van der Waals surface area (Å²) in [5, 5.41) is 0. The van der Waals surface area contributed by atoms with Crippen molar-refractivity contribution in [1.82, 2.24) is 9.88 Å². The zero-order valence-electron chi connectivity index (χ0n) is 10.1. The van der Waals surface area contributed by atoms with Crippen molar-refractivity contribution in [3.05, 3.63) is 33.7 Å². The maximum Gasteiger partial charge on any atom is 0.254 e. The summed E-state index contributed by atoms with van der Waals surface area (Å²) in [6.07, 6.45) is 1.24. The molecule has 17 heavy (non-hydrogen) atoms. The topological polar surface area (TPSA) is 53.2 Å². The summed E-state index contributed by atoms with van der Waals surface area (Å²) in [5.74, 6) is 0.669. The number of likely N-dealkylation sites (tertiary alicyclic amines) is 1. The molecule has 2 heterocycles. The third-order valence-corrected chi connectivity index (χ3v) is 4.04. The van der Waals surface area contributed by atoms with Gasteiger partial charge in [-0.1, -0.05) is 6.92 Å². The summed E-state index contributed by atoms with van der Waals surface area (Å²) in [6, 6.07) is 3.14. The minimum Gasteiger partial charge on any atom is -0.338 e. The predicted octanol–water partition coefficient (Wildman–Crippen LogP) is 1.17. The Balaban J connectivity index is 1.85. The minimum atomic E-state index is -0.205. The second-order valence-corrected chi connectivity index (χ2v) is 5.66. The van der Waals surface area contributed by atoms with Crippen molar-refractivity contribution in [2.45, 2.75) is 20.3 Å². The van der Waals surface area contributed by atoms with Crippen molar-refractivity contribution in [2.75, 3.05) is 13.1 Å². The normalized spacial score (nSPS) is 30.2. The summed E-state index contributed by atoms with van der Waals surface area (Å²) >= 11 is 0. The Bertz CT molecular complexity index is 549. The van der Waals surface area contributed by atoms with Crippen LogP contribution in [-0.2, 0) is 0 Å². The molecule has 0 bridgehead atoms. The first-order valence-corrected chi connectivity index (χ1v) is 5.98. The number of carbonyl (C=O) groups is 1. The van der Waals surface area contributed by atoms with E-state index in [0.29, 0.717) is 16.9 Å². The predicted molar refractivity (Wildman–Crippen MR) is 63.9 cm³/mol. The Morgan fingerprint density at radius 3 is 2.88 bits per heavy atom. The fourth-order valence-corrected chi connectivity index (χ4v) is 2.89. The van der Waals surface area contributed by atoms with Crippen LogP contribution in [0.25, 0.3) is 0 Å². The molecule has 3 rings (SSSR count). The number of fused-ring (bicyclic) bond motifs is 1. The molecule has 2 aliphatic rings. The number of nitrogens with zero attached hydrogens (tertiary/aromatic N) is 1. The Hall–Kier alpha value is -1.58. The van der Waals surface area contributed by atoms with Crippen LogP contribution in [0.5, 0.6) is 0 Å². The maximum absolute atomic E-state index is 12.2. The quantitative estimate of drug-likeness (QED) is 0.790. The Labute approximate surface area is 99.6 Å². The van der Waals surface area contributed by atoms with Gasteiger partial charge < -0.3 is 9.88 Å². The molecular weight excluding hydrogens is 216 g/mol. The Morgan fingerprint density at radius 2 is 2.29 bits per heavy atom. The zero-order valence-corrected chi connectivity index (χ0v) is 10.1. The third kappa shape index (κ3) is 1.68. The van der Waals surface area contributed by atoms with Gasteiger partial charge in [-0.3, -0.25) is 9.59 Å². The van der Waals surface area contributed by atoms with E-state index in [-0.39, 0.29) is 11.5 Å². The van der Waals surface area contributed by atoms with Crippen LogP contribution in [-0.4, -0.2) is 28.9 Å². The number of rotatable bonds is 1. The molecule has 4 heteroatoms. The van der Waals surface area contributed by atoms with E-state index in [0.717, 1.165) is 18.8 Å². The monoisotopic (exact) mass is 232 g/mol. The van der Waals surface area contributed by atoms with Crippen molar-refractivity contribution in [1.29, 1.82) is 0 Å². The van der Waals surface area contributed by atoms with E-state index in [1.54, 1.807) is 13.0 Å². The molecule has 0 spiro atoms. The summed E-state index contributed by atoms with van der Waals surface area (Å²) in [4.78, 5) is 28.1. The van der Waals surface area contributed by atoms with Gasteiger partial charge in [-0.25, -0.2) is 0 Å². The lowest BCUT2D eigenvalue weighted by molar-refractivity contribution is 0.0766. The van der Waals surface area contributed by atoms with Crippen LogP contribution in [0.2, 0.25) is 0 Å². The molecule has 2 unspecified atom stereocenters. The number of hydrogen-bond acceptors (Lipinski definition) is 2. The van der Waals surface area contributed by atoms with Crippen molar-refractivity contribution < 1.29 is 4.79 Å². The first-order chi connectivity index (χ1) is 7.98. The average molecular weight is 232 g/mol. The van der Waals surface area contributed by atoms with Crippen LogP contribution in [0, 0.1) is 18.3 Å². The van der Waals surface area contributed by atoms with Crippen LogP contribution < -0.4 is 5.56 Å². The van der Waals surface area contributed by atoms with Gasteiger partial charge in [0, 0.05) is 30.4 Å². The second-order valence-electron chi connectivity index (χ2n) is 5.66. The number of carbonyl (C=O) groups excluding carboxylic acids is 1. The summed E-state index contributed by atoms with van der Waals surface area (Å²) in [6.45, 7) is 5.71. The van der Waals surface area contributed by atoms with Gasteiger partial charge in [0.15, 0.2) is 0 Å². The number of aromatic amines is 1. The smallest absolute Gasteiger partial charge is 0.254 e. The SMILES string of the molecule is Cc1cc(C(=O)N2CC3CC3(C)C2)cc(=O)[nH]1. The van der Waals surface area contributed by atoms with Gasteiger partial charge in [0.1, 0.15) is 0 Å². The lowest BCUT2D eigenvalue weighted by atomic mass is 10.1. The van der Waals surface area contributed by atoms with E-state index in [4.69, 9.17) is 0 Å². The number of aryl methyl sites for hydroxylation is 1. The highest BCUT2D eigenvalue weighted by Gasteiger charge is 2.57. The lowest BCUT2D eigenvalue weighted by Crippen LogP contribution is -2.32. The summed E-state index contributed by atoms with van der Waals surface area (Å²) in [7, 11) is 0. The first kappa shape index (κ1) is 10.6. The number of piperidine rings is 1. The van der Waals surface area contributed by atoms with Gasteiger partial charge in [0.05, 0.1) is 0 Å². The molecule has 1 aliphatic carbocycles. The lowest BCUT2D eigenvalue weighted by Gasteiger charge is -2.19. The van der Waals surface area contributed by atoms with Crippen LogP contribution in [0.3, 0.4) is 0 Å². The van der Waals surface area contributed by atoms with Gasteiger partial charge >= 0.3 is 0 Å². The minimum absolute atomic E-state index is 0.00683. The molecule has 1 saturated carbocycles. The fraction of sp³-hybridized carbons (Fsp3) is 0.538. The number of aromatic nitrogens is 1. The number of amides is 1. The van der Waals surface area contributed by atoms with Gasteiger partial charge in [-0.15, -0.1) is 0 Å². The largest absolute Gasteiger partial charge is 0.338 e. The van der Waals surface area contributed by atoms with Crippen LogP contribution in [0.15, 0.2) is 16.9 Å². The van der Waals surface area contributed by atoms with E-state index < -0.39 is 0 Å². The molecule has 1 saturated heterocycles. The number of nitrogens with one attached hydrogen (secondary N) is 1. The zero-order chi connectivity index (χ0) is 12.2. The molecule has 1 aromatic rings. The molecule has 4 nitrogen and oxygen atoms in total. The van der Waals surface area contributed by atoms with Gasteiger partial charge in [-0.2, -0.15) is 0 Å². The van der Waals surface area contributed by atoms with Crippen molar-refractivity contribution in [3.63, 3.8) is 0 Å². The molecule has 0 radical (unpaired) electrons. The second kappa shape index (κ2) is 3.22. The molecule has 1 aromatic heterocycles. The summed E-state index contributed by atoms with van der Waals surface area (Å²) in [5.41, 5.74) is 1.39. The molecule has 2 atom stereocenters. The van der Waals surface area contributed by atoms with Crippen molar-refractivity contribution >= 4 is 5.91 Å². The van der Waals surface area contributed by atoms with Crippen molar-refractivity contribution in [3.8, 4) is 0 Å². The van der Waals surface area contributed by atoms with Crippen LogP contribution in [0.1, 0.15) is 29.4 Å². The molecule has 2 fully saturated rings. The molecule has 1 amide bonds. The van der Waals surface area contributed by atoms with Crippen LogP contribution in [0.4, 0.5) is 0 Å². The fourth-order valence-electron chi connectivity index (χ4n) is 2.89. The van der Waals surface area contributed by atoms with Gasteiger partial charge in [0.25, 0.3) is 5.91 Å². The Kier molecular flexibility index (Phi) is 2.00. The third-order valence-electron chi connectivity index (χ3n) is 4.04. The van der Waals surface area contributed by atoms with E-state index in [2.05, 4.69) is 11.9 Å². The van der Waals surface area contributed by atoms with Crippen molar-refractivity contribution in [2.24, 2.45) is 11.3 Å². The Morgan fingerprint density at radius 1 is 1.53 bits per heavy atom. The highest BCUT2D eigenvalue weighted by Crippen LogP contribution is 2.57. The maximum atomic E-state index is 12.2. The molecule has 0 aromatic carbocycles. The molecular formula is C13H16N2O2. The number of hydrogen-bond donors (Lipinski definition) is 1. The molecule has 1 aliphatic heterocycles. The molecule has 1 N–H and O–H groups in total. The average Bonchev–Trinajstić information content (AvgIpc) is 2.75. The van der Waals surface area contributed by atoms with E-state index in [9.17, 15) is 9.59 Å². The van der Waals surface area contributed by atoms with Gasteiger partial charge in [0.2, 0.25) is 5.56 Å².